The van der Waals surface area contributed by atoms with Gasteiger partial charge >= 0.3 is 0 Å². The van der Waals surface area contributed by atoms with Gasteiger partial charge in [0.1, 0.15) is 17.7 Å². The highest BCUT2D eigenvalue weighted by Gasteiger charge is 2.19. The maximum Gasteiger partial charge on any atom is 0.154 e. The summed E-state index contributed by atoms with van der Waals surface area (Å²) in [5, 5.41) is 7.80. The third kappa shape index (κ3) is 3.94. The Bertz CT molecular complexity index is 898. The molecule has 0 saturated carbocycles. The molecule has 3 aromatic rings. The molecule has 0 unspecified atom stereocenters. The summed E-state index contributed by atoms with van der Waals surface area (Å²) in [5.74, 6) is 0.557. The number of hydrogen-bond acceptors (Lipinski definition) is 5. The zero-order valence-corrected chi connectivity index (χ0v) is 15.5. The minimum absolute atomic E-state index is 0.0000324. The van der Waals surface area contributed by atoms with Crippen LogP contribution in [0.3, 0.4) is 0 Å². The van der Waals surface area contributed by atoms with Gasteiger partial charge in [-0.25, -0.2) is 13.9 Å². The van der Waals surface area contributed by atoms with E-state index in [0.717, 1.165) is 49.4 Å². The molecule has 3 heterocycles. The smallest absolute Gasteiger partial charge is 0.154 e. The second-order valence-electron chi connectivity index (χ2n) is 7.27. The van der Waals surface area contributed by atoms with Crippen LogP contribution in [0.4, 0.5) is 10.2 Å². The molecule has 1 aliphatic heterocycles. The average Bonchev–Trinajstić information content (AvgIpc) is 3.08. The molecule has 1 aromatic carbocycles. The van der Waals surface area contributed by atoms with Crippen LogP contribution in [0, 0.1) is 5.82 Å². The number of nitrogens with one attached hydrogen (secondary N) is 1. The van der Waals surface area contributed by atoms with Crippen LogP contribution >= 0.6 is 0 Å². The van der Waals surface area contributed by atoms with E-state index in [1.807, 2.05) is 17.6 Å². The first kappa shape index (κ1) is 17.9. The molecule has 27 heavy (non-hydrogen) atoms. The molecule has 142 valence electrons. The van der Waals surface area contributed by atoms with E-state index in [-0.39, 0.29) is 11.9 Å². The number of piperidine rings is 1. The molecule has 0 bridgehead atoms. The lowest BCUT2D eigenvalue weighted by Crippen LogP contribution is -2.39. The fraction of sp³-hybridized carbons (Fsp3) is 0.400. The van der Waals surface area contributed by atoms with Crippen LogP contribution < -0.4 is 11.1 Å². The van der Waals surface area contributed by atoms with Crippen molar-refractivity contribution in [2.24, 2.45) is 5.73 Å². The van der Waals surface area contributed by atoms with Crippen LogP contribution in [0.25, 0.3) is 5.52 Å². The fourth-order valence-corrected chi connectivity index (χ4v) is 3.64. The van der Waals surface area contributed by atoms with E-state index in [1.54, 1.807) is 18.5 Å². The zero-order valence-electron chi connectivity index (χ0n) is 15.5. The number of halogens is 1. The summed E-state index contributed by atoms with van der Waals surface area (Å²) in [6, 6.07) is 8.97. The summed E-state index contributed by atoms with van der Waals surface area (Å²) in [6.45, 7) is 4.93. The lowest BCUT2D eigenvalue weighted by molar-refractivity contribution is 0.206. The Balaban J connectivity index is 1.57. The Morgan fingerprint density at radius 3 is 2.70 bits per heavy atom. The molecule has 0 amide bonds. The normalized spacial score (nSPS) is 17.3. The van der Waals surface area contributed by atoms with Crippen LogP contribution in [0.5, 0.6) is 0 Å². The van der Waals surface area contributed by atoms with Gasteiger partial charge in [-0.05, 0) is 62.2 Å². The second kappa shape index (κ2) is 7.62. The lowest BCUT2D eigenvalue weighted by atomic mass is 10.1. The Labute approximate surface area is 158 Å². The van der Waals surface area contributed by atoms with Crippen molar-refractivity contribution in [3.05, 3.63) is 59.8 Å². The number of rotatable bonds is 5. The Morgan fingerprint density at radius 1 is 1.22 bits per heavy atom. The van der Waals surface area contributed by atoms with Gasteiger partial charge in [0.2, 0.25) is 0 Å². The van der Waals surface area contributed by atoms with Crippen molar-refractivity contribution in [1.29, 1.82) is 0 Å². The highest BCUT2D eigenvalue weighted by Crippen LogP contribution is 2.25. The van der Waals surface area contributed by atoms with Gasteiger partial charge in [-0.1, -0.05) is 12.1 Å². The third-order valence-electron chi connectivity index (χ3n) is 5.29. The first-order valence-electron chi connectivity index (χ1n) is 9.41. The predicted octanol–water partition coefficient (Wildman–Crippen LogP) is 2.96. The topological polar surface area (TPSA) is 71.5 Å². The van der Waals surface area contributed by atoms with Crippen LogP contribution in [0.1, 0.15) is 36.9 Å². The fourth-order valence-electron chi connectivity index (χ4n) is 3.64. The maximum atomic E-state index is 13.2. The van der Waals surface area contributed by atoms with Crippen molar-refractivity contribution >= 4 is 11.3 Å². The van der Waals surface area contributed by atoms with Gasteiger partial charge in [-0.3, -0.25) is 4.90 Å². The molecule has 1 aliphatic rings. The molecule has 1 saturated heterocycles. The maximum absolute atomic E-state index is 13.2. The van der Waals surface area contributed by atoms with E-state index in [4.69, 9.17) is 5.73 Å². The van der Waals surface area contributed by atoms with Crippen LogP contribution in [-0.2, 0) is 6.54 Å². The predicted molar refractivity (Wildman–Crippen MR) is 104 cm³/mol. The van der Waals surface area contributed by atoms with E-state index in [1.165, 1.54) is 17.7 Å². The first-order chi connectivity index (χ1) is 13.1. The van der Waals surface area contributed by atoms with E-state index in [2.05, 4.69) is 26.4 Å². The number of benzene rings is 1. The number of fused-ring (bicyclic) bond motifs is 1. The molecule has 7 heteroatoms. The zero-order chi connectivity index (χ0) is 18.8. The Kier molecular flexibility index (Phi) is 5.05. The van der Waals surface area contributed by atoms with Crippen LogP contribution in [0.2, 0.25) is 0 Å². The van der Waals surface area contributed by atoms with Gasteiger partial charge in [0.25, 0.3) is 0 Å². The van der Waals surface area contributed by atoms with Crippen LogP contribution in [-0.4, -0.2) is 38.6 Å². The molecule has 1 atom stereocenters. The van der Waals surface area contributed by atoms with Gasteiger partial charge in [0, 0.05) is 18.8 Å². The van der Waals surface area contributed by atoms with Gasteiger partial charge in [0.15, 0.2) is 5.82 Å². The molecule has 1 fully saturated rings. The third-order valence-corrected chi connectivity index (χ3v) is 5.29. The van der Waals surface area contributed by atoms with Crippen molar-refractivity contribution in [2.45, 2.75) is 38.4 Å². The monoisotopic (exact) mass is 368 g/mol. The first-order valence-corrected chi connectivity index (χ1v) is 9.41. The van der Waals surface area contributed by atoms with Crippen molar-refractivity contribution in [1.82, 2.24) is 19.5 Å². The Hall–Kier alpha value is -2.51. The molecule has 2 aromatic heterocycles. The van der Waals surface area contributed by atoms with E-state index in [9.17, 15) is 4.39 Å². The van der Waals surface area contributed by atoms with Crippen molar-refractivity contribution in [3.63, 3.8) is 0 Å². The number of nitrogens with zero attached hydrogens (tertiary/aromatic N) is 4. The Morgan fingerprint density at radius 2 is 1.96 bits per heavy atom. The highest BCUT2D eigenvalue weighted by molar-refractivity contribution is 5.72. The van der Waals surface area contributed by atoms with Gasteiger partial charge in [0.05, 0.1) is 6.04 Å². The van der Waals surface area contributed by atoms with Crippen LogP contribution in [0.15, 0.2) is 42.9 Å². The molecule has 6 nitrogen and oxygen atoms in total. The van der Waals surface area contributed by atoms with Crippen molar-refractivity contribution < 1.29 is 4.39 Å². The van der Waals surface area contributed by atoms with Crippen molar-refractivity contribution in [2.75, 3.05) is 18.4 Å². The minimum Gasteiger partial charge on any atom is -0.362 e. The number of hydrogen-bond donors (Lipinski definition) is 2. The molecular weight excluding hydrogens is 343 g/mol. The lowest BCUT2D eigenvalue weighted by Gasteiger charge is -2.29. The van der Waals surface area contributed by atoms with Gasteiger partial charge < -0.3 is 11.1 Å². The summed E-state index contributed by atoms with van der Waals surface area (Å²) in [6.07, 6.45) is 5.59. The molecule has 3 N–H and O–H groups in total. The van der Waals surface area contributed by atoms with E-state index in [0.29, 0.717) is 6.04 Å². The summed E-state index contributed by atoms with van der Waals surface area (Å²) < 4.78 is 15.0. The second-order valence-corrected chi connectivity index (χ2v) is 7.27. The van der Waals surface area contributed by atoms with Gasteiger partial charge in [-0.15, -0.1) is 0 Å². The summed E-state index contributed by atoms with van der Waals surface area (Å²) in [5.41, 5.74) is 9.21. The molecule has 0 spiro atoms. The highest BCUT2D eigenvalue weighted by atomic mass is 19.1. The summed E-state index contributed by atoms with van der Waals surface area (Å²) in [4.78, 5) is 6.90. The van der Waals surface area contributed by atoms with E-state index >= 15 is 0 Å². The molecule has 4 rings (SSSR count). The quantitative estimate of drug-likeness (QED) is 0.724. The number of likely N-dealkylation sites (tertiary alicyclic amines) is 1. The summed E-state index contributed by atoms with van der Waals surface area (Å²) in [7, 11) is 0. The minimum atomic E-state index is -0.231. The average molecular weight is 368 g/mol. The standard InChI is InChI=1S/C20H25FN6/c1-14(15-2-4-17(21)5-3-15)25-20-19-16(6-11-27(19)24-13-23-20)12-26-9-7-18(22)8-10-26/h2-6,11,13-14,18H,7-10,12,22H2,1H3,(H,23,24,25)/t14-/m1/s1. The van der Waals surface area contributed by atoms with Gasteiger partial charge in [-0.2, -0.15) is 5.10 Å². The number of nitrogens with two attached hydrogens (primary N) is 1. The number of anilines is 1. The SMILES string of the molecule is C[C@@H](Nc1ncnn2ccc(CN3CCC(N)CC3)c12)c1ccc(F)cc1. The molecule has 0 aliphatic carbocycles. The summed E-state index contributed by atoms with van der Waals surface area (Å²) >= 11 is 0. The number of aromatic nitrogens is 3. The van der Waals surface area contributed by atoms with E-state index < -0.39 is 0 Å². The molecule has 0 radical (unpaired) electrons. The van der Waals surface area contributed by atoms with Crippen molar-refractivity contribution in [3.8, 4) is 0 Å². The largest absolute Gasteiger partial charge is 0.362 e. The molecular formula is C20H25FN6.